The van der Waals surface area contributed by atoms with E-state index in [1.807, 2.05) is 23.1 Å². The van der Waals surface area contributed by atoms with E-state index in [2.05, 4.69) is 70.0 Å². The fourth-order valence-corrected chi connectivity index (χ4v) is 5.17. The minimum atomic E-state index is 0.104. The number of hydrogen-bond acceptors (Lipinski definition) is 3. The van der Waals surface area contributed by atoms with E-state index in [9.17, 15) is 4.79 Å². The second kappa shape index (κ2) is 9.00. The van der Waals surface area contributed by atoms with E-state index in [1.54, 1.807) is 0 Å². The Balaban J connectivity index is 1.28. The molecule has 32 heavy (non-hydrogen) atoms. The zero-order valence-corrected chi connectivity index (χ0v) is 19.2. The van der Waals surface area contributed by atoms with E-state index in [0.29, 0.717) is 6.54 Å². The van der Waals surface area contributed by atoms with E-state index in [-0.39, 0.29) is 11.9 Å². The molecule has 1 saturated heterocycles. The molecule has 1 atom stereocenters. The van der Waals surface area contributed by atoms with Crippen molar-refractivity contribution in [1.82, 2.24) is 14.4 Å². The number of hydrogen-bond donors (Lipinski definition) is 0. The quantitative estimate of drug-likeness (QED) is 0.599. The molecule has 2 aliphatic heterocycles. The van der Waals surface area contributed by atoms with Gasteiger partial charge in [0.05, 0.1) is 23.3 Å². The summed E-state index contributed by atoms with van der Waals surface area (Å²) in [6.45, 7) is 7.39. The van der Waals surface area contributed by atoms with Crippen molar-refractivity contribution in [1.29, 1.82) is 0 Å². The first-order valence-corrected chi connectivity index (χ1v) is 11.7. The maximum Gasteiger partial charge on any atom is 0.236 e. The van der Waals surface area contributed by atoms with Crippen molar-refractivity contribution in [2.45, 2.75) is 19.5 Å². The van der Waals surface area contributed by atoms with E-state index in [4.69, 9.17) is 11.6 Å². The van der Waals surface area contributed by atoms with Crippen LogP contribution in [0, 0.1) is 6.92 Å². The van der Waals surface area contributed by atoms with Crippen molar-refractivity contribution >= 4 is 23.2 Å². The molecule has 2 aromatic carbocycles. The standard InChI is InChI=1S/C26H29ClN4O/c1-20-8-10-21(11-9-20)26-24-7-4-12-28(24)15-18-31(26)19-25(32)30-16-13-29(14-17-30)23-6-3-2-5-22(23)27/h2-12,26H,13-19H2,1H3. The number of amides is 1. The Hall–Kier alpha value is -2.76. The molecule has 5 rings (SSSR count). The highest BCUT2D eigenvalue weighted by Gasteiger charge is 2.32. The van der Waals surface area contributed by atoms with Gasteiger partial charge < -0.3 is 14.4 Å². The van der Waals surface area contributed by atoms with Crippen LogP contribution in [0.3, 0.4) is 0 Å². The van der Waals surface area contributed by atoms with Crippen LogP contribution in [-0.4, -0.2) is 59.5 Å². The van der Waals surface area contributed by atoms with E-state index >= 15 is 0 Å². The number of rotatable bonds is 4. The van der Waals surface area contributed by atoms with Crippen molar-refractivity contribution in [3.63, 3.8) is 0 Å². The number of para-hydroxylation sites is 1. The number of piperazine rings is 1. The average molecular weight is 449 g/mol. The normalized spacial score (nSPS) is 19.1. The molecule has 1 unspecified atom stereocenters. The summed E-state index contributed by atoms with van der Waals surface area (Å²) in [5.74, 6) is 0.209. The molecule has 1 amide bonds. The summed E-state index contributed by atoms with van der Waals surface area (Å²) in [6.07, 6.45) is 2.14. The number of nitrogens with zero attached hydrogens (tertiary/aromatic N) is 4. The Bertz CT molecular complexity index is 1090. The van der Waals surface area contributed by atoms with Gasteiger partial charge in [-0.3, -0.25) is 9.69 Å². The molecule has 1 fully saturated rings. The second-order valence-electron chi connectivity index (χ2n) is 8.73. The number of halogens is 1. The molecule has 2 aliphatic rings. The minimum Gasteiger partial charge on any atom is -0.367 e. The van der Waals surface area contributed by atoms with Gasteiger partial charge in [-0.1, -0.05) is 53.6 Å². The molecule has 0 aliphatic carbocycles. The second-order valence-corrected chi connectivity index (χ2v) is 9.14. The maximum absolute atomic E-state index is 13.3. The monoisotopic (exact) mass is 448 g/mol. The topological polar surface area (TPSA) is 31.7 Å². The van der Waals surface area contributed by atoms with E-state index in [0.717, 1.165) is 50.0 Å². The summed E-state index contributed by atoms with van der Waals surface area (Å²) in [4.78, 5) is 19.9. The van der Waals surface area contributed by atoms with Gasteiger partial charge in [-0.2, -0.15) is 0 Å². The summed E-state index contributed by atoms with van der Waals surface area (Å²) in [6, 6.07) is 21.0. The van der Waals surface area contributed by atoms with E-state index < -0.39 is 0 Å². The Morgan fingerprint density at radius 1 is 0.906 bits per heavy atom. The zero-order chi connectivity index (χ0) is 22.1. The predicted octanol–water partition coefficient (Wildman–Crippen LogP) is 4.20. The smallest absolute Gasteiger partial charge is 0.236 e. The Labute approximate surface area is 194 Å². The first-order valence-electron chi connectivity index (χ1n) is 11.3. The number of carbonyl (C=O) groups excluding carboxylic acids is 1. The summed E-state index contributed by atoms with van der Waals surface area (Å²) in [5, 5.41) is 0.768. The van der Waals surface area contributed by atoms with Crippen molar-refractivity contribution in [3.8, 4) is 0 Å². The molecule has 0 spiro atoms. The summed E-state index contributed by atoms with van der Waals surface area (Å²) >= 11 is 6.37. The van der Waals surface area contributed by atoms with Gasteiger partial charge in [-0.15, -0.1) is 0 Å². The number of benzene rings is 2. The van der Waals surface area contributed by atoms with Crippen LogP contribution < -0.4 is 4.90 Å². The molecule has 6 heteroatoms. The van der Waals surface area contributed by atoms with Crippen LogP contribution in [0.25, 0.3) is 0 Å². The lowest BCUT2D eigenvalue weighted by Crippen LogP contribution is -2.52. The fourth-order valence-electron chi connectivity index (χ4n) is 4.91. The number of carbonyl (C=O) groups is 1. The molecule has 0 bridgehead atoms. The highest BCUT2D eigenvalue weighted by atomic mass is 35.5. The summed E-state index contributed by atoms with van der Waals surface area (Å²) in [5.41, 5.74) is 4.81. The number of aromatic nitrogens is 1. The molecule has 3 heterocycles. The van der Waals surface area contributed by atoms with Crippen LogP contribution in [0.15, 0.2) is 66.9 Å². The number of anilines is 1. The molecular weight excluding hydrogens is 420 g/mol. The number of fused-ring (bicyclic) bond motifs is 1. The van der Waals surface area contributed by atoms with Gasteiger partial charge in [0.2, 0.25) is 5.91 Å². The Morgan fingerprint density at radius 3 is 2.41 bits per heavy atom. The SMILES string of the molecule is Cc1ccc(C2c3cccn3CCN2CC(=O)N2CCN(c3ccccc3Cl)CC2)cc1. The molecule has 0 saturated carbocycles. The largest absolute Gasteiger partial charge is 0.367 e. The first-order chi connectivity index (χ1) is 15.6. The third kappa shape index (κ3) is 4.15. The molecular formula is C26H29ClN4O. The lowest BCUT2D eigenvalue weighted by molar-refractivity contribution is -0.133. The Kier molecular flexibility index (Phi) is 5.94. The molecule has 1 aromatic heterocycles. The third-order valence-corrected chi connectivity index (χ3v) is 7.01. The molecule has 5 nitrogen and oxygen atoms in total. The lowest BCUT2D eigenvalue weighted by Gasteiger charge is -2.40. The van der Waals surface area contributed by atoms with Crippen LogP contribution in [0.4, 0.5) is 5.69 Å². The van der Waals surface area contributed by atoms with Crippen molar-refractivity contribution in [3.05, 3.63) is 88.7 Å². The van der Waals surface area contributed by atoms with Crippen LogP contribution in [0.2, 0.25) is 5.02 Å². The minimum absolute atomic E-state index is 0.104. The lowest BCUT2D eigenvalue weighted by atomic mass is 9.99. The van der Waals surface area contributed by atoms with Crippen LogP contribution in [0.5, 0.6) is 0 Å². The highest BCUT2D eigenvalue weighted by Crippen LogP contribution is 2.32. The van der Waals surface area contributed by atoms with Gasteiger partial charge in [-0.25, -0.2) is 0 Å². The fraction of sp³-hybridized carbons (Fsp3) is 0.346. The van der Waals surface area contributed by atoms with Gasteiger partial charge in [0.1, 0.15) is 0 Å². The highest BCUT2D eigenvalue weighted by molar-refractivity contribution is 6.33. The molecule has 0 radical (unpaired) electrons. The van der Waals surface area contributed by atoms with Gasteiger partial charge in [0, 0.05) is 51.2 Å². The van der Waals surface area contributed by atoms with E-state index in [1.165, 1.54) is 16.8 Å². The Morgan fingerprint density at radius 2 is 1.66 bits per heavy atom. The van der Waals surface area contributed by atoms with Crippen molar-refractivity contribution < 1.29 is 4.79 Å². The van der Waals surface area contributed by atoms with Gasteiger partial charge in [0.15, 0.2) is 0 Å². The number of aryl methyl sites for hydroxylation is 1. The zero-order valence-electron chi connectivity index (χ0n) is 18.5. The third-order valence-electron chi connectivity index (χ3n) is 6.70. The molecule has 0 N–H and O–H groups in total. The molecule has 166 valence electrons. The first kappa shape index (κ1) is 21.1. The van der Waals surface area contributed by atoms with Gasteiger partial charge >= 0.3 is 0 Å². The van der Waals surface area contributed by atoms with Crippen LogP contribution in [0.1, 0.15) is 22.9 Å². The van der Waals surface area contributed by atoms with Gasteiger partial charge in [-0.05, 0) is 36.8 Å². The predicted molar refractivity (Wildman–Crippen MR) is 129 cm³/mol. The average Bonchev–Trinajstić information content (AvgIpc) is 3.29. The van der Waals surface area contributed by atoms with Crippen LogP contribution >= 0.6 is 11.6 Å². The maximum atomic E-state index is 13.3. The van der Waals surface area contributed by atoms with Gasteiger partial charge in [0.25, 0.3) is 0 Å². The summed E-state index contributed by atoms with van der Waals surface area (Å²) < 4.78 is 2.31. The van der Waals surface area contributed by atoms with Crippen molar-refractivity contribution in [2.75, 3.05) is 44.2 Å². The molecule has 3 aromatic rings. The van der Waals surface area contributed by atoms with Crippen molar-refractivity contribution in [2.24, 2.45) is 0 Å². The van der Waals surface area contributed by atoms with Crippen LogP contribution in [-0.2, 0) is 11.3 Å². The summed E-state index contributed by atoms with van der Waals surface area (Å²) in [7, 11) is 0.